The van der Waals surface area contributed by atoms with Gasteiger partial charge in [0.1, 0.15) is 22.9 Å². The molecular weight excluding hydrogens is 330 g/mol. The smallest absolute Gasteiger partial charge is 0.290 e. The summed E-state index contributed by atoms with van der Waals surface area (Å²) in [5.41, 5.74) is 1.55. The van der Waals surface area contributed by atoms with Crippen molar-refractivity contribution in [2.75, 3.05) is 0 Å². The van der Waals surface area contributed by atoms with E-state index in [1.807, 2.05) is 62.4 Å². The number of carbonyl (C=O) groups excluding carboxylic acids is 1. The molecule has 0 bridgehead atoms. The lowest BCUT2D eigenvalue weighted by Crippen LogP contribution is -2.30. The maximum absolute atomic E-state index is 13.2. The summed E-state index contributed by atoms with van der Waals surface area (Å²) in [6.45, 7) is 4.46. The highest BCUT2D eigenvalue weighted by molar-refractivity contribution is 5.98. The zero-order valence-electron chi connectivity index (χ0n) is 14.7. The van der Waals surface area contributed by atoms with E-state index in [-0.39, 0.29) is 5.91 Å². The molecule has 5 heteroatoms. The van der Waals surface area contributed by atoms with E-state index < -0.39 is 0 Å². The lowest BCUT2D eigenvalue weighted by atomic mass is 10.1. The van der Waals surface area contributed by atoms with Gasteiger partial charge in [0.05, 0.1) is 19.4 Å². The highest BCUT2D eigenvalue weighted by atomic mass is 16.4. The van der Waals surface area contributed by atoms with Crippen LogP contribution in [0.3, 0.4) is 0 Å². The van der Waals surface area contributed by atoms with Gasteiger partial charge in [0.2, 0.25) is 0 Å². The zero-order chi connectivity index (χ0) is 18.1. The van der Waals surface area contributed by atoms with Crippen LogP contribution in [0.5, 0.6) is 0 Å². The Morgan fingerprint density at radius 1 is 0.923 bits per heavy atom. The quantitative estimate of drug-likeness (QED) is 0.504. The maximum atomic E-state index is 13.2. The Labute approximate surface area is 150 Å². The van der Waals surface area contributed by atoms with Crippen molar-refractivity contribution in [1.29, 1.82) is 0 Å². The molecule has 26 heavy (non-hydrogen) atoms. The van der Waals surface area contributed by atoms with E-state index in [4.69, 9.17) is 13.3 Å². The molecule has 0 aliphatic heterocycles. The van der Waals surface area contributed by atoms with E-state index in [1.54, 1.807) is 11.2 Å². The molecule has 5 nitrogen and oxygen atoms in total. The normalized spacial score (nSPS) is 11.2. The number of furan rings is 3. The summed E-state index contributed by atoms with van der Waals surface area (Å²) < 4.78 is 16.9. The molecule has 0 radical (unpaired) electrons. The predicted molar refractivity (Wildman–Crippen MR) is 96.7 cm³/mol. The highest BCUT2D eigenvalue weighted by Gasteiger charge is 2.25. The molecule has 0 spiro atoms. The highest BCUT2D eigenvalue weighted by Crippen LogP contribution is 2.27. The summed E-state index contributed by atoms with van der Waals surface area (Å²) in [6.07, 6.45) is 1.60. The Bertz CT molecular complexity index is 1040. The number of para-hydroxylation sites is 1. The first-order valence-corrected chi connectivity index (χ1v) is 8.47. The Morgan fingerprint density at radius 3 is 2.42 bits per heavy atom. The number of amides is 1. The van der Waals surface area contributed by atoms with Gasteiger partial charge < -0.3 is 18.2 Å². The number of hydrogen-bond acceptors (Lipinski definition) is 4. The molecule has 0 unspecified atom stereocenters. The average Bonchev–Trinajstić information content (AvgIpc) is 3.36. The number of fused-ring (bicyclic) bond motifs is 1. The fourth-order valence-corrected chi connectivity index (χ4v) is 3.07. The fraction of sp³-hybridized carbons (Fsp3) is 0.190. The molecule has 3 heterocycles. The number of aryl methyl sites for hydroxylation is 2. The lowest BCUT2D eigenvalue weighted by Gasteiger charge is -2.19. The number of carbonyl (C=O) groups is 1. The van der Waals surface area contributed by atoms with Crippen LogP contribution in [0.15, 0.2) is 68.0 Å². The van der Waals surface area contributed by atoms with Gasteiger partial charge in [-0.2, -0.15) is 0 Å². The third kappa shape index (κ3) is 3.04. The summed E-state index contributed by atoms with van der Waals surface area (Å²) in [5, 5.41) is 0.947. The standard InChI is InChI=1S/C21H19NO4/c1-14-9-10-17(25-14)13-22(12-16-6-5-11-24-16)21(23)20-15(2)18-7-3-4-8-19(18)26-20/h3-11H,12-13H2,1-2H3. The van der Waals surface area contributed by atoms with Crippen molar-refractivity contribution in [1.82, 2.24) is 4.90 Å². The molecule has 3 aromatic heterocycles. The van der Waals surface area contributed by atoms with E-state index >= 15 is 0 Å². The van der Waals surface area contributed by atoms with Crippen molar-refractivity contribution in [3.63, 3.8) is 0 Å². The van der Waals surface area contributed by atoms with Crippen LogP contribution in [0.4, 0.5) is 0 Å². The van der Waals surface area contributed by atoms with E-state index in [1.165, 1.54) is 0 Å². The van der Waals surface area contributed by atoms with E-state index in [0.717, 1.165) is 22.5 Å². The summed E-state index contributed by atoms with van der Waals surface area (Å²) in [5.74, 6) is 2.39. The van der Waals surface area contributed by atoms with Crippen LogP contribution in [0, 0.1) is 13.8 Å². The second-order valence-electron chi connectivity index (χ2n) is 6.31. The number of rotatable bonds is 5. The van der Waals surface area contributed by atoms with Crippen LogP contribution < -0.4 is 0 Å². The van der Waals surface area contributed by atoms with Gasteiger partial charge in [0.25, 0.3) is 5.91 Å². The van der Waals surface area contributed by atoms with Crippen molar-refractivity contribution < 1.29 is 18.0 Å². The van der Waals surface area contributed by atoms with E-state index in [9.17, 15) is 4.79 Å². The van der Waals surface area contributed by atoms with Crippen LogP contribution >= 0.6 is 0 Å². The van der Waals surface area contributed by atoms with Crippen molar-refractivity contribution >= 4 is 16.9 Å². The summed E-state index contributed by atoms with van der Waals surface area (Å²) >= 11 is 0. The van der Waals surface area contributed by atoms with Crippen LogP contribution in [0.2, 0.25) is 0 Å². The average molecular weight is 349 g/mol. The predicted octanol–water partition coefficient (Wildman–Crippen LogP) is 5.08. The topological polar surface area (TPSA) is 59.7 Å². The summed E-state index contributed by atoms with van der Waals surface area (Å²) in [6, 6.07) is 15.1. The van der Waals surface area contributed by atoms with Gasteiger partial charge in [0.15, 0.2) is 5.76 Å². The maximum Gasteiger partial charge on any atom is 0.290 e. The van der Waals surface area contributed by atoms with Gasteiger partial charge in [-0.25, -0.2) is 0 Å². The Balaban J connectivity index is 1.69. The van der Waals surface area contributed by atoms with Gasteiger partial charge in [-0.15, -0.1) is 0 Å². The summed E-state index contributed by atoms with van der Waals surface area (Å²) in [7, 11) is 0. The Kier molecular flexibility index (Phi) is 4.13. The van der Waals surface area contributed by atoms with Crippen LogP contribution in [-0.4, -0.2) is 10.8 Å². The molecule has 1 amide bonds. The van der Waals surface area contributed by atoms with Crippen molar-refractivity contribution in [3.05, 3.63) is 83.4 Å². The van der Waals surface area contributed by atoms with E-state index in [2.05, 4.69) is 0 Å². The SMILES string of the molecule is Cc1ccc(CN(Cc2ccco2)C(=O)c2oc3ccccc3c2C)o1. The van der Waals surface area contributed by atoms with Crippen molar-refractivity contribution in [2.24, 2.45) is 0 Å². The third-order valence-corrected chi connectivity index (χ3v) is 4.39. The minimum Gasteiger partial charge on any atom is -0.467 e. The zero-order valence-corrected chi connectivity index (χ0v) is 14.7. The fourth-order valence-electron chi connectivity index (χ4n) is 3.07. The number of benzene rings is 1. The van der Waals surface area contributed by atoms with Gasteiger partial charge in [-0.3, -0.25) is 4.79 Å². The molecule has 0 aliphatic carbocycles. The molecule has 0 aliphatic rings. The van der Waals surface area contributed by atoms with Crippen LogP contribution in [0.25, 0.3) is 11.0 Å². The molecule has 0 N–H and O–H groups in total. The molecule has 0 saturated carbocycles. The first-order valence-electron chi connectivity index (χ1n) is 8.47. The molecule has 1 aromatic carbocycles. The van der Waals surface area contributed by atoms with Gasteiger partial charge in [-0.05, 0) is 44.2 Å². The van der Waals surface area contributed by atoms with Gasteiger partial charge in [-0.1, -0.05) is 18.2 Å². The molecular formula is C21H19NO4. The first-order chi connectivity index (χ1) is 12.6. The van der Waals surface area contributed by atoms with Crippen LogP contribution in [0.1, 0.15) is 33.4 Å². The second-order valence-corrected chi connectivity index (χ2v) is 6.31. The van der Waals surface area contributed by atoms with Gasteiger partial charge >= 0.3 is 0 Å². The molecule has 4 rings (SSSR count). The summed E-state index contributed by atoms with van der Waals surface area (Å²) in [4.78, 5) is 14.9. The largest absolute Gasteiger partial charge is 0.467 e. The van der Waals surface area contributed by atoms with Crippen LogP contribution in [-0.2, 0) is 13.1 Å². The first kappa shape index (κ1) is 16.3. The van der Waals surface area contributed by atoms with Gasteiger partial charge in [0, 0.05) is 10.9 Å². The van der Waals surface area contributed by atoms with E-state index in [0.29, 0.717) is 30.2 Å². The molecule has 0 fully saturated rings. The molecule has 4 aromatic rings. The molecule has 0 atom stereocenters. The van der Waals surface area contributed by atoms with Crippen molar-refractivity contribution in [3.8, 4) is 0 Å². The van der Waals surface area contributed by atoms with Crippen molar-refractivity contribution in [2.45, 2.75) is 26.9 Å². The minimum absolute atomic E-state index is 0.191. The minimum atomic E-state index is -0.191. The second kappa shape index (κ2) is 6.59. The molecule has 132 valence electrons. The third-order valence-electron chi connectivity index (χ3n) is 4.39. The lowest BCUT2D eigenvalue weighted by molar-refractivity contribution is 0.0673. The number of nitrogens with zero attached hydrogens (tertiary/aromatic N) is 1. The Hall–Kier alpha value is -3.21. The Morgan fingerprint density at radius 2 is 1.73 bits per heavy atom. The molecule has 0 saturated heterocycles. The number of hydrogen-bond donors (Lipinski definition) is 0. The monoisotopic (exact) mass is 349 g/mol.